The van der Waals surface area contributed by atoms with Gasteiger partial charge in [-0.05, 0) is 36.6 Å². The maximum atomic E-state index is 12.2. The predicted octanol–water partition coefficient (Wildman–Crippen LogP) is 4.71. The molecule has 0 bridgehead atoms. The van der Waals surface area contributed by atoms with Crippen molar-refractivity contribution in [3.05, 3.63) is 58.9 Å². The van der Waals surface area contributed by atoms with E-state index in [-0.39, 0.29) is 11.0 Å². The first kappa shape index (κ1) is 20.1. The van der Waals surface area contributed by atoms with Crippen molar-refractivity contribution in [2.45, 2.75) is 52.1 Å². The lowest BCUT2D eigenvalue weighted by Gasteiger charge is -2.25. The number of hydrogen-bond donors (Lipinski definition) is 2. The first-order valence-corrected chi connectivity index (χ1v) is 12.4. The summed E-state index contributed by atoms with van der Waals surface area (Å²) in [7, 11) is -1.49. The number of nitrogens with zero attached hydrogens (tertiary/aromatic N) is 1. The summed E-state index contributed by atoms with van der Waals surface area (Å²) in [6, 6.07) is 12.2. The fourth-order valence-electron chi connectivity index (χ4n) is 3.33. The van der Waals surface area contributed by atoms with E-state index in [4.69, 9.17) is 9.41 Å². The van der Waals surface area contributed by atoms with Crippen molar-refractivity contribution in [2.24, 2.45) is 0 Å². The van der Waals surface area contributed by atoms with Crippen LogP contribution in [-0.2, 0) is 18.3 Å². The van der Waals surface area contributed by atoms with Crippen LogP contribution < -0.4 is 4.43 Å². The highest BCUT2D eigenvalue weighted by Gasteiger charge is 2.28. The molecule has 6 heteroatoms. The Labute approximate surface area is 167 Å². The Bertz CT molecular complexity index is 988. The number of hydrogen-bond acceptors (Lipinski definition) is 3. The van der Waals surface area contributed by atoms with Gasteiger partial charge in [0.1, 0.15) is 17.1 Å². The number of carboxylic acids is 1. The topological polar surface area (TPSA) is 75.2 Å². The average Bonchev–Trinajstić information content (AvgIpc) is 3.01. The van der Waals surface area contributed by atoms with Crippen molar-refractivity contribution < 1.29 is 14.3 Å². The minimum absolute atomic E-state index is 0.196. The van der Waals surface area contributed by atoms with Gasteiger partial charge in [-0.3, -0.25) is 0 Å². The van der Waals surface area contributed by atoms with Gasteiger partial charge in [0.05, 0.1) is 11.0 Å². The third kappa shape index (κ3) is 4.27. The normalized spacial score (nSPS) is 11.9. The van der Waals surface area contributed by atoms with E-state index in [9.17, 15) is 9.90 Å². The van der Waals surface area contributed by atoms with E-state index in [1.54, 1.807) is 0 Å². The van der Waals surface area contributed by atoms with Crippen molar-refractivity contribution in [3.8, 4) is 5.75 Å². The highest BCUT2D eigenvalue weighted by Crippen LogP contribution is 2.38. The van der Waals surface area contributed by atoms with Crippen LogP contribution in [0.15, 0.2) is 36.4 Å². The van der Waals surface area contributed by atoms with Crippen LogP contribution in [0.25, 0.3) is 11.0 Å². The number of aromatic nitrogens is 2. The van der Waals surface area contributed by atoms with Gasteiger partial charge >= 0.3 is 5.97 Å². The highest BCUT2D eigenvalue weighted by atomic mass is 28.3. The molecule has 148 valence electrons. The van der Waals surface area contributed by atoms with E-state index in [1.165, 1.54) is 5.56 Å². The minimum Gasteiger partial charge on any atom is -0.546 e. The third-order valence-electron chi connectivity index (χ3n) is 4.65. The van der Waals surface area contributed by atoms with Crippen LogP contribution in [0.3, 0.4) is 0 Å². The lowest BCUT2D eigenvalue weighted by Crippen LogP contribution is -2.21. The molecule has 0 radical (unpaired) electrons. The number of carboxylic acid groups (broad SMARTS) is 1. The van der Waals surface area contributed by atoms with Crippen LogP contribution >= 0.6 is 0 Å². The molecular formula is C22H28N2O3Si. The maximum absolute atomic E-state index is 12.2. The molecule has 2 N–H and O–H groups in total. The van der Waals surface area contributed by atoms with Crippen molar-refractivity contribution in [2.75, 3.05) is 0 Å². The number of fused-ring (bicyclic) bond motifs is 1. The molecule has 0 amide bonds. The van der Waals surface area contributed by atoms with Crippen LogP contribution in [0, 0.1) is 0 Å². The first-order valence-electron chi connectivity index (χ1n) is 9.66. The summed E-state index contributed by atoms with van der Waals surface area (Å²) in [6.07, 6.45) is 1.56. The Balaban J connectivity index is 2.10. The zero-order valence-corrected chi connectivity index (χ0v) is 18.3. The van der Waals surface area contributed by atoms with Crippen LogP contribution in [-0.4, -0.2) is 30.1 Å². The van der Waals surface area contributed by atoms with E-state index in [1.807, 2.05) is 37.4 Å². The van der Waals surface area contributed by atoms with Gasteiger partial charge in [-0.25, -0.2) is 9.78 Å². The van der Waals surface area contributed by atoms with Gasteiger partial charge in [-0.2, -0.15) is 0 Å². The molecule has 0 atom stereocenters. The molecule has 28 heavy (non-hydrogen) atoms. The Hall–Kier alpha value is -2.60. The number of carbonyl (C=O) groups is 1. The molecule has 1 heterocycles. The van der Waals surface area contributed by atoms with Crippen LogP contribution in [0.1, 0.15) is 48.1 Å². The molecule has 0 spiro atoms. The molecule has 0 aliphatic carbocycles. The van der Waals surface area contributed by atoms with E-state index in [0.29, 0.717) is 16.8 Å². The fraction of sp³-hybridized carbons (Fsp3) is 0.364. The zero-order chi connectivity index (χ0) is 20.5. The molecular weight excluding hydrogens is 368 g/mol. The number of aromatic carboxylic acids is 1. The number of aryl methyl sites for hydroxylation is 2. The summed E-state index contributed by atoms with van der Waals surface area (Å²) in [5, 5.41) is 9.97. The number of imidazole rings is 1. The van der Waals surface area contributed by atoms with Crippen LogP contribution in [0.2, 0.25) is 13.1 Å². The molecule has 0 aliphatic rings. The van der Waals surface area contributed by atoms with E-state index >= 15 is 0 Å². The SMILES string of the molecule is C[SiH](C)Oc1c(C(C)(C)C)cc2nc(CCc3ccccc3)[nH]c2c1C(=O)O. The number of H-pyrrole nitrogens is 1. The number of benzene rings is 2. The molecule has 2 aromatic carbocycles. The maximum Gasteiger partial charge on any atom is 0.341 e. The Kier molecular flexibility index (Phi) is 5.61. The number of rotatable bonds is 6. The molecule has 0 saturated carbocycles. The Morgan fingerprint density at radius 3 is 2.43 bits per heavy atom. The largest absolute Gasteiger partial charge is 0.546 e. The fourth-order valence-corrected chi connectivity index (χ4v) is 4.04. The van der Waals surface area contributed by atoms with Crippen LogP contribution in [0.4, 0.5) is 0 Å². The first-order chi connectivity index (χ1) is 13.2. The average molecular weight is 397 g/mol. The number of nitrogens with one attached hydrogen (secondary N) is 1. The lowest BCUT2D eigenvalue weighted by molar-refractivity contribution is 0.0696. The van der Waals surface area contributed by atoms with Gasteiger partial charge in [0, 0.05) is 12.0 Å². The van der Waals surface area contributed by atoms with Gasteiger partial charge in [0.25, 0.3) is 0 Å². The van der Waals surface area contributed by atoms with Crippen molar-refractivity contribution in [1.82, 2.24) is 9.97 Å². The second-order valence-electron chi connectivity index (χ2n) is 8.41. The lowest BCUT2D eigenvalue weighted by atomic mass is 9.84. The molecule has 3 aromatic rings. The van der Waals surface area contributed by atoms with E-state index < -0.39 is 15.0 Å². The molecule has 0 fully saturated rings. The highest BCUT2D eigenvalue weighted by molar-refractivity contribution is 6.49. The summed E-state index contributed by atoms with van der Waals surface area (Å²) >= 11 is 0. The summed E-state index contributed by atoms with van der Waals surface area (Å²) in [5.74, 6) is 0.298. The molecule has 1 aromatic heterocycles. The van der Waals surface area contributed by atoms with E-state index in [0.717, 1.165) is 24.2 Å². The molecule has 0 aliphatic heterocycles. The van der Waals surface area contributed by atoms with Gasteiger partial charge in [0.2, 0.25) is 9.04 Å². The molecule has 3 rings (SSSR count). The minimum atomic E-state index is -1.49. The van der Waals surface area contributed by atoms with Gasteiger partial charge in [0.15, 0.2) is 0 Å². The summed E-state index contributed by atoms with van der Waals surface area (Å²) in [5.41, 5.74) is 3.30. The summed E-state index contributed by atoms with van der Waals surface area (Å²) in [6.45, 7) is 10.3. The van der Waals surface area contributed by atoms with Gasteiger partial charge < -0.3 is 14.5 Å². The molecule has 0 saturated heterocycles. The summed E-state index contributed by atoms with van der Waals surface area (Å²) < 4.78 is 6.12. The van der Waals surface area contributed by atoms with Crippen molar-refractivity contribution >= 4 is 26.0 Å². The summed E-state index contributed by atoms with van der Waals surface area (Å²) in [4.78, 5) is 20.1. The van der Waals surface area contributed by atoms with Gasteiger partial charge in [-0.15, -0.1) is 0 Å². The predicted molar refractivity (Wildman–Crippen MR) is 115 cm³/mol. The Morgan fingerprint density at radius 2 is 1.86 bits per heavy atom. The molecule has 5 nitrogen and oxygen atoms in total. The second-order valence-corrected chi connectivity index (χ2v) is 10.7. The zero-order valence-electron chi connectivity index (χ0n) is 17.2. The monoisotopic (exact) mass is 396 g/mol. The van der Waals surface area contributed by atoms with Crippen LogP contribution in [0.5, 0.6) is 5.75 Å². The van der Waals surface area contributed by atoms with Crippen molar-refractivity contribution in [3.63, 3.8) is 0 Å². The second kappa shape index (κ2) is 7.79. The number of aromatic amines is 1. The van der Waals surface area contributed by atoms with Gasteiger partial charge in [-0.1, -0.05) is 51.1 Å². The third-order valence-corrected chi connectivity index (χ3v) is 5.36. The standard InChI is InChI=1S/C22H28N2O3Si/c1-22(2,3)15-13-16-19(18(21(25)26)20(15)27-28(4)5)24-17(23-16)12-11-14-9-7-6-8-10-14/h6-10,13,28H,11-12H2,1-5H3,(H,23,24)(H,25,26). The van der Waals surface area contributed by atoms with Crippen molar-refractivity contribution in [1.29, 1.82) is 0 Å². The smallest absolute Gasteiger partial charge is 0.341 e. The Morgan fingerprint density at radius 1 is 1.18 bits per heavy atom. The quantitative estimate of drug-likeness (QED) is 0.592. The molecule has 0 unspecified atom stereocenters. The van der Waals surface area contributed by atoms with E-state index in [2.05, 4.69) is 37.9 Å².